The molecule has 4 aromatic carbocycles. The second-order valence-corrected chi connectivity index (χ2v) is 10.5. The lowest BCUT2D eigenvalue weighted by Gasteiger charge is -2.13. The largest absolute Gasteiger partial charge is 0.490 e. The maximum absolute atomic E-state index is 12.8. The second kappa shape index (κ2) is 11.4. The summed E-state index contributed by atoms with van der Waals surface area (Å²) in [5, 5.41) is 2.48. The second-order valence-electron chi connectivity index (χ2n) is 8.23. The van der Waals surface area contributed by atoms with Crippen LogP contribution >= 0.6 is 39.3 Å². The van der Waals surface area contributed by atoms with E-state index in [-0.39, 0.29) is 24.3 Å². The molecule has 5 nitrogen and oxygen atoms in total. The number of rotatable bonds is 8. The first-order valence-electron chi connectivity index (χ1n) is 11.5. The van der Waals surface area contributed by atoms with Gasteiger partial charge in [-0.3, -0.25) is 14.5 Å². The molecule has 5 rings (SSSR count). The smallest absolute Gasteiger partial charge is 0.293 e. The molecule has 2 amide bonds. The summed E-state index contributed by atoms with van der Waals surface area (Å²) in [6.07, 6.45) is 1.71. The molecule has 0 spiro atoms. The maximum atomic E-state index is 12.8. The highest BCUT2D eigenvalue weighted by atomic mass is 79.9. The van der Waals surface area contributed by atoms with Crippen LogP contribution in [0.15, 0.2) is 94.3 Å². The van der Waals surface area contributed by atoms with E-state index in [0.717, 1.165) is 32.7 Å². The van der Waals surface area contributed by atoms with Gasteiger partial charge in [0.15, 0.2) is 0 Å². The Morgan fingerprint density at radius 3 is 2.51 bits per heavy atom. The molecule has 186 valence electrons. The normalized spacial score (nSPS) is 14.5. The SMILES string of the molecule is O=C1S/C(=C\c2ccc(OCc3cccc4ccccc34)c(Br)c2)C(=O)N1CCOc1ccccc1Cl. The fraction of sp³-hybridized carbons (Fsp3) is 0.103. The highest BCUT2D eigenvalue weighted by molar-refractivity contribution is 9.10. The first-order chi connectivity index (χ1) is 18.0. The minimum atomic E-state index is -0.342. The Hall–Kier alpha value is -3.26. The monoisotopic (exact) mass is 593 g/mol. The molecule has 1 aliphatic heterocycles. The van der Waals surface area contributed by atoms with Crippen LogP contribution in [-0.4, -0.2) is 29.2 Å². The van der Waals surface area contributed by atoms with Crippen molar-refractivity contribution >= 4 is 67.3 Å². The van der Waals surface area contributed by atoms with Crippen LogP contribution in [-0.2, 0) is 11.4 Å². The number of ether oxygens (including phenoxy) is 2. The van der Waals surface area contributed by atoms with E-state index in [1.807, 2.05) is 42.5 Å². The number of halogens is 2. The van der Waals surface area contributed by atoms with Gasteiger partial charge in [-0.05, 0) is 79.9 Å². The zero-order chi connectivity index (χ0) is 25.8. The molecule has 1 fully saturated rings. The lowest BCUT2D eigenvalue weighted by atomic mass is 10.1. The molecule has 1 heterocycles. The predicted octanol–water partition coefficient (Wildman–Crippen LogP) is 7.95. The molecular formula is C29H21BrClNO4S. The molecule has 0 N–H and O–H groups in total. The van der Waals surface area contributed by atoms with Crippen molar-refractivity contribution in [3.8, 4) is 11.5 Å². The number of imide groups is 1. The van der Waals surface area contributed by atoms with Gasteiger partial charge in [0, 0.05) is 0 Å². The van der Waals surface area contributed by atoms with E-state index >= 15 is 0 Å². The molecule has 0 saturated carbocycles. The minimum Gasteiger partial charge on any atom is -0.490 e. The molecule has 1 aliphatic rings. The van der Waals surface area contributed by atoms with Gasteiger partial charge in [-0.25, -0.2) is 0 Å². The van der Waals surface area contributed by atoms with Crippen molar-refractivity contribution in [2.24, 2.45) is 0 Å². The van der Waals surface area contributed by atoms with E-state index in [1.165, 1.54) is 10.3 Å². The Morgan fingerprint density at radius 2 is 1.68 bits per heavy atom. The van der Waals surface area contributed by atoms with Crippen LogP contribution in [0.25, 0.3) is 16.8 Å². The van der Waals surface area contributed by atoms with Crippen LogP contribution < -0.4 is 9.47 Å². The zero-order valence-corrected chi connectivity index (χ0v) is 22.7. The van der Waals surface area contributed by atoms with Crippen LogP contribution in [0, 0.1) is 0 Å². The summed E-state index contributed by atoms with van der Waals surface area (Å²) in [5.41, 5.74) is 1.88. The molecule has 0 bridgehead atoms. The predicted molar refractivity (Wildman–Crippen MR) is 152 cm³/mol. The molecule has 0 radical (unpaired) electrons. The summed E-state index contributed by atoms with van der Waals surface area (Å²) in [7, 11) is 0. The number of hydrogen-bond donors (Lipinski definition) is 0. The summed E-state index contributed by atoms with van der Waals surface area (Å²) in [6.45, 7) is 0.718. The van der Waals surface area contributed by atoms with Crippen LogP contribution in [0.5, 0.6) is 11.5 Å². The molecule has 4 aromatic rings. The van der Waals surface area contributed by atoms with Crippen LogP contribution in [0.1, 0.15) is 11.1 Å². The molecule has 1 saturated heterocycles. The molecular weight excluding hydrogens is 574 g/mol. The minimum absolute atomic E-state index is 0.137. The van der Waals surface area contributed by atoms with Crippen molar-refractivity contribution in [1.29, 1.82) is 0 Å². The van der Waals surface area contributed by atoms with Crippen molar-refractivity contribution in [3.05, 3.63) is 110 Å². The van der Waals surface area contributed by atoms with Gasteiger partial charge < -0.3 is 9.47 Å². The summed E-state index contributed by atoms with van der Waals surface area (Å²) >= 11 is 10.6. The van der Waals surface area contributed by atoms with Gasteiger partial charge >= 0.3 is 0 Å². The van der Waals surface area contributed by atoms with Gasteiger partial charge in [0.25, 0.3) is 11.1 Å². The highest BCUT2D eigenvalue weighted by Gasteiger charge is 2.34. The third kappa shape index (κ3) is 5.85. The first kappa shape index (κ1) is 25.4. The van der Waals surface area contributed by atoms with Crippen LogP contribution in [0.2, 0.25) is 5.02 Å². The Bertz CT molecular complexity index is 1520. The van der Waals surface area contributed by atoms with Crippen LogP contribution in [0.4, 0.5) is 4.79 Å². The van der Waals surface area contributed by atoms with Gasteiger partial charge in [0.2, 0.25) is 0 Å². The maximum Gasteiger partial charge on any atom is 0.293 e. The molecule has 37 heavy (non-hydrogen) atoms. The first-order valence-corrected chi connectivity index (χ1v) is 13.5. The van der Waals surface area contributed by atoms with E-state index in [9.17, 15) is 9.59 Å². The fourth-order valence-corrected chi connectivity index (χ4v) is 5.52. The van der Waals surface area contributed by atoms with Crippen molar-refractivity contribution in [2.45, 2.75) is 6.61 Å². The van der Waals surface area contributed by atoms with E-state index < -0.39 is 0 Å². The van der Waals surface area contributed by atoms with E-state index in [1.54, 1.807) is 24.3 Å². The van der Waals surface area contributed by atoms with Gasteiger partial charge in [-0.15, -0.1) is 0 Å². The van der Waals surface area contributed by atoms with Gasteiger partial charge in [0.1, 0.15) is 24.7 Å². The Balaban J connectivity index is 1.22. The highest BCUT2D eigenvalue weighted by Crippen LogP contribution is 2.34. The summed E-state index contributed by atoms with van der Waals surface area (Å²) < 4.78 is 12.5. The number of thioether (sulfide) groups is 1. The average molecular weight is 595 g/mol. The van der Waals surface area contributed by atoms with Crippen molar-refractivity contribution < 1.29 is 19.1 Å². The number of carbonyl (C=O) groups is 2. The van der Waals surface area contributed by atoms with Gasteiger partial charge in [-0.2, -0.15) is 0 Å². The Labute approximate surface area is 232 Å². The van der Waals surface area contributed by atoms with Crippen molar-refractivity contribution in [3.63, 3.8) is 0 Å². The quantitative estimate of drug-likeness (QED) is 0.194. The van der Waals surface area contributed by atoms with E-state index in [0.29, 0.717) is 28.0 Å². The standard InChI is InChI=1S/C29H21BrClNO4S/c30-23-16-19(12-13-25(23)36-18-21-8-5-7-20-6-1-2-9-22(20)21)17-27-28(33)32(29(34)37-27)14-15-35-26-11-4-3-10-24(26)31/h1-13,16-17H,14-15,18H2/b27-17-. The molecule has 0 aromatic heterocycles. The number of hydrogen-bond acceptors (Lipinski definition) is 5. The van der Waals surface area contributed by atoms with E-state index in [4.69, 9.17) is 21.1 Å². The van der Waals surface area contributed by atoms with Gasteiger partial charge in [-0.1, -0.05) is 72.3 Å². The van der Waals surface area contributed by atoms with Crippen molar-refractivity contribution in [1.82, 2.24) is 4.90 Å². The lowest BCUT2D eigenvalue weighted by molar-refractivity contribution is -0.123. The average Bonchev–Trinajstić information content (AvgIpc) is 3.16. The third-order valence-electron chi connectivity index (χ3n) is 5.80. The van der Waals surface area contributed by atoms with Crippen LogP contribution in [0.3, 0.4) is 0 Å². The zero-order valence-electron chi connectivity index (χ0n) is 19.5. The number of benzene rings is 4. The van der Waals surface area contributed by atoms with Gasteiger partial charge in [0.05, 0.1) is 20.9 Å². The molecule has 0 unspecified atom stereocenters. The number of carbonyl (C=O) groups excluding carboxylic acids is 2. The lowest BCUT2D eigenvalue weighted by Crippen LogP contribution is -2.32. The Morgan fingerprint density at radius 1 is 0.892 bits per heavy atom. The number of nitrogens with zero attached hydrogens (tertiary/aromatic N) is 1. The molecule has 0 aliphatic carbocycles. The summed E-state index contributed by atoms with van der Waals surface area (Å²) in [6, 6.07) is 27.0. The number of amides is 2. The fourth-order valence-electron chi connectivity index (χ4n) is 3.95. The number of para-hydroxylation sites is 1. The Kier molecular flexibility index (Phi) is 7.84. The van der Waals surface area contributed by atoms with Crippen molar-refractivity contribution in [2.75, 3.05) is 13.2 Å². The third-order valence-corrected chi connectivity index (χ3v) is 7.64. The number of fused-ring (bicyclic) bond motifs is 1. The molecule has 0 atom stereocenters. The van der Waals surface area contributed by atoms with E-state index in [2.05, 4.69) is 40.2 Å². The summed E-state index contributed by atoms with van der Waals surface area (Å²) in [4.78, 5) is 26.8. The topological polar surface area (TPSA) is 55.8 Å². The summed E-state index contributed by atoms with van der Waals surface area (Å²) in [5.74, 6) is 0.861. The molecule has 8 heteroatoms.